The van der Waals surface area contributed by atoms with E-state index >= 15 is 0 Å². The molecule has 0 bridgehead atoms. The molecular formula is C21H17N7. The highest BCUT2D eigenvalue weighted by Gasteiger charge is 2.10. The van der Waals surface area contributed by atoms with Crippen LogP contribution in [0.15, 0.2) is 61.2 Å². The molecule has 0 saturated heterocycles. The molecule has 136 valence electrons. The second kappa shape index (κ2) is 6.77. The Morgan fingerprint density at radius 2 is 1.93 bits per heavy atom. The van der Waals surface area contributed by atoms with Gasteiger partial charge in [0.05, 0.1) is 24.0 Å². The fourth-order valence-corrected chi connectivity index (χ4v) is 3.30. The largest absolute Gasteiger partial charge is 0.264 e. The highest BCUT2D eigenvalue weighted by atomic mass is 15.4. The van der Waals surface area contributed by atoms with Crippen molar-refractivity contribution in [2.75, 3.05) is 0 Å². The minimum Gasteiger partial charge on any atom is -0.264 e. The lowest BCUT2D eigenvalue weighted by Crippen LogP contribution is -2.04. The van der Waals surface area contributed by atoms with E-state index < -0.39 is 0 Å². The van der Waals surface area contributed by atoms with Gasteiger partial charge in [-0.15, -0.1) is 5.10 Å². The molecule has 0 amide bonds. The highest BCUT2D eigenvalue weighted by molar-refractivity contribution is 5.79. The van der Waals surface area contributed by atoms with Gasteiger partial charge < -0.3 is 0 Å². The van der Waals surface area contributed by atoms with Crippen molar-refractivity contribution < 1.29 is 0 Å². The summed E-state index contributed by atoms with van der Waals surface area (Å²) in [5.74, 6) is 0. The third kappa shape index (κ3) is 3.18. The lowest BCUT2D eigenvalue weighted by Gasteiger charge is -2.05. The quantitative estimate of drug-likeness (QED) is 0.485. The lowest BCUT2D eigenvalue weighted by atomic mass is 10.1. The van der Waals surface area contributed by atoms with Gasteiger partial charge in [0.1, 0.15) is 0 Å². The SMILES string of the molecule is Cc1cncc(Cc2cnc3nnn(Cc4ccc5ncccc5c4)c3n2)c1. The number of nitrogens with zero attached hydrogens (tertiary/aromatic N) is 7. The van der Waals surface area contributed by atoms with Crippen LogP contribution < -0.4 is 0 Å². The van der Waals surface area contributed by atoms with Gasteiger partial charge in [-0.2, -0.15) is 0 Å². The molecule has 5 rings (SSSR count). The smallest absolute Gasteiger partial charge is 0.221 e. The minimum absolute atomic E-state index is 0.550. The molecule has 0 unspecified atom stereocenters. The Labute approximate surface area is 161 Å². The van der Waals surface area contributed by atoms with Crippen molar-refractivity contribution in [1.29, 1.82) is 0 Å². The van der Waals surface area contributed by atoms with E-state index in [2.05, 4.69) is 49.5 Å². The summed E-state index contributed by atoms with van der Waals surface area (Å²) >= 11 is 0. The summed E-state index contributed by atoms with van der Waals surface area (Å²) < 4.78 is 1.79. The van der Waals surface area contributed by atoms with E-state index in [1.54, 1.807) is 17.1 Å². The second-order valence-electron chi connectivity index (χ2n) is 6.83. The molecule has 0 N–H and O–H groups in total. The topological polar surface area (TPSA) is 82.3 Å². The van der Waals surface area contributed by atoms with E-state index in [-0.39, 0.29) is 0 Å². The Bertz CT molecular complexity index is 1290. The first-order valence-electron chi connectivity index (χ1n) is 9.04. The van der Waals surface area contributed by atoms with Crippen LogP contribution >= 0.6 is 0 Å². The first kappa shape index (κ1) is 16.4. The van der Waals surface area contributed by atoms with Gasteiger partial charge >= 0.3 is 0 Å². The van der Waals surface area contributed by atoms with Gasteiger partial charge in [-0.25, -0.2) is 14.6 Å². The third-order valence-electron chi connectivity index (χ3n) is 4.59. The van der Waals surface area contributed by atoms with E-state index in [0.29, 0.717) is 24.3 Å². The van der Waals surface area contributed by atoms with Crippen LogP contribution in [0.3, 0.4) is 0 Å². The van der Waals surface area contributed by atoms with E-state index in [9.17, 15) is 0 Å². The zero-order chi connectivity index (χ0) is 18.9. The number of aryl methyl sites for hydroxylation is 1. The molecule has 0 aliphatic rings. The average Bonchev–Trinajstić information content (AvgIpc) is 3.10. The molecule has 4 heterocycles. The normalized spacial score (nSPS) is 11.3. The molecule has 0 fully saturated rings. The predicted molar refractivity (Wildman–Crippen MR) is 106 cm³/mol. The summed E-state index contributed by atoms with van der Waals surface area (Å²) in [7, 11) is 0. The van der Waals surface area contributed by atoms with Crippen LogP contribution in [0.5, 0.6) is 0 Å². The fourth-order valence-electron chi connectivity index (χ4n) is 3.30. The number of hydrogen-bond donors (Lipinski definition) is 0. The Balaban J connectivity index is 1.47. The molecule has 4 aromatic heterocycles. The molecule has 7 heteroatoms. The van der Waals surface area contributed by atoms with Crippen molar-refractivity contribution in [2.45, 2.75) is 19.9 Å². The van der Waals surface area contributed by atoms with Crippen LogP contribution in [0.4, 0.5) is 0 Å². The highest BCUT2D eigenvalue weighted by Crippen LogP contribution is 2.16. The van der Waals surface area contributed by atoms with Gasteiger partial charge in [0.2, 0.25) is 5.65 Å². The lowest BCUT2D eigenvalue weighted by molar-refractivity contribution is 0.663. The van der Waals surface area contributed by atoms with Crippen LogP contribution in [0.2, 0.25) is 0 Å². The molecule has 0 saturated carbocycles. The van der Waals surface area contributed by atoms with E-state index in [0.717, 1.165) is 33.3 Å². The fraction of sp³-hybridized carbons (Fsp3) is 0.143. The van der Waals surface area contributed by atoms with Crippen molar-refractivity contribution in [3.63, 3.8) is 0 Å². The monoisotopic (exact) mass is 367 g/mol. The maximum Gasteiger partial charge on any atom is 0.221 e. The van der Waals surface area contributed by atoms with Crippen LogP contribution in [0.25, 0.3) is 22.2 Å². The molecule has 0 aliphatic heterocycles. The summed E-state index contributed by atoms with van der Waals surface area (Å²) in [6, 6.07) is 12.3. The van der Waals surface area contributed by atoms with Crippen molar-refractivity contribution in [1.82, 2.24) is 34.9 Å². The van der Waals surface area contributed by atoms with Gasteiger partial charge in [-0.05, 0) is 41.8 Å². The van der Waals surface area contributed by atoms with Crippen LogP contribution in [0.1, 0.15) is 22.4 Å². The van der Waals surface area contributed by atoms with Gasteiger partial charge in [0.15, 0.2) is 5.65 Å². The van der Waals surface area contributed by atoms with E-state index in [1.165, 1.54) is 0 Å². The number of rotatable bonds is 4. The van der Waals surface area contributed by atoms with Gasteiger partial charge in [0.25, 0.3) is 0 Å². The molecule has 0 spiro atoms. The molecule has 28 heavy (non-hydrogen) atoms. The summed E-state index contributed by atoms with van der Waals surface area (Å²) in [4.78, 5) is 17.8. The van der Waals surface area contributed by atoms with Crippen LogP contribution in [-0.4, -0.2) is 34.9 Å². The molecule has 5 aromatic rings. The first-order valence-corrected chi connectivity index (χ1v) is 9.04. The Morgan fingerprint density at radius 3 is 2.86 bits per heavy atom. The van der Waals surface area contributed by atoms with Gasteiger partial charge in [-0.1, -0.05) is 23.4 Å². The maximum atomic E-state index is 4.75. The summed E-state index contributed by atoms with van der Waals surface area (Å²) in [5, 5.41) is 9.50. The van der Waals surface area contributed by atoms with Gasteiger partial charge in [0, 0.05) is 30.4 Å². The molecule has 0 atom stereocenters. The van der Waals surface area contributed by atoms with E-state index in [4.69, 9.17) is 4.98 Å². The third-order valence-corrected chi connectivity index (χ3v) is 4.59. The molecule has 7 nitrogen and oxygen atoms in total. The maximum absolute atomic E-state index is 4.75. The van der Waals surface area contributed by atoms with Crippen molar-refractivity contribution in [3.8, 4) is 0 Å². The summed E-state index contributed by atoms with van der Waals surface area (Å²) in [6.45, 7) is 2.61. The Kier molecular flexibility index (Phi) is 3.97. The number of hydrogen-bond acceptors (Lipinski definition) is 6. The van der Waals surface area contributed by atoms with Crippen molar-refractivity contribution in [2.24, 2.45) is 0 Å². The Morgan fingerprint density at radius 1 is 0.964 bits per heavy atom. The average molecular weight is 367 g/mol. The Hall–Kier alpha value is -3.74. The van der Waals surface area contributed by atoms with Gasteiger partial charge in [-0.3, -0.25) is 9.97 Å². The standard InChI is InChI=1S/C21H17N7/c1-14-7-16(11-22-10-14)9-18-12-24-20-21(25-18)28(27-26-20)13-15-4-5-19-17(8-15)3-2-6-23-19/h2-8,10-12H,9,13H2,1H3. The predicted octanol–water partition coefficient (Wildman–Crippen LogP) is 3.11. The second-order valence-corrected chi connectivity index (χ2v) is 6.83. The first-order chi connectivity index (χ1) is 13.7. The van der Waals surface area contributed by atoms with Crippen molar-refractivity contribution in [3.05, 3.63) is 83.6 Å². The molecule has 1 aromatic carbocycles. The zero-order valence-corrected chi connectivity index (χ0v) is 15.3. The van der Waals surface area contributed by atoms with E-state index in [1.807, 2.05) is 31.5 Å². The van der Waals surface area contributed by atoms with Crippen molar-refractivity contribution >= 4 is 22.2 Å². The number of pyridine rings is 2. The minimum atomic E-state index is 0.550. The van der Waals surface area contributed by atoms with Crippen LogP contribution in [-0.2, 0) is 13.0 Å². The molecule has 0 radical (unpaired) electrons. The van der Waals surface area contributed by atoms with Crippen LogP contribution in [0, 0.1) is 6.92 Å². The molecular weight excluding hydrogens is 350 g/mol. The summed E-state index contributed by atoms with van der Waals surface area (Å²) in [5.41, 5.74) is 6.42. The molecule has 0 aliphatic carbocycles. The zero-order valence-electron chi connectivity index (χ0n) is 15.3. The number of fused-ring (bicyclic) bond motifs is 2. The number of benzene rings is 1. The number of aromatic nitrogens is 7. The summed E-state index contributed by atoms with van der Waals surface area (Å²) in [6.07, 6.45) is 7.93.